The molecule has 4 N–H and O–H groups in total. The van der Waals surface area contributed by atoms with E-state index in [4.69, 9.17) is 25.7 Å². The molecule has 2 aliphatic heterocycles. The summed E-state index contributed by atoms with van der Waals surface area (Å²) in [4.78, 5) is 48.6. The van der Waals surface area contributed by atoms with Crippen LogP contribution in [0.2, 0.25) is 5.02 Å². The number of benzene rings is 2. The number of fused-ring (bicyclic) bond motifs is 2. The normalized spacial score (nSPS) is 24.1. The Morgan fingerprint density at radius 2 is 1.94 bits per heavy atom. The SMILES string of the molecule is C=C[C@@H]1C[C@]1(NC(=O)[C@@H]1C[C@@H](Oc2ncc(OC)c3ccc(Cl)cc23)CN1C(=O)[C@@H](Nc1ccc2c(c1)B(O)OC2)C(C)(C)C)C(=O)NS(=O)(=O)C1CC1. The molecule has 2 saturated carbocycles. The molecule has 14 nitrogen and oxygen atoms in total. The van der Waals surface area contributed by atoms with Gasteiger partial charge in [-0.1, -0.05) is 44.5 Å². The molecular weight excluding hydrogens is 737 g/mol. The zero-order valence-electron chi connectivity index (χ0n) is 30.4. The molecule has 2 aliphatic carbocycles. The van der Waals surface area contributed by atoms with Crippen LogP contribution < -0.4 is 30.3 Å². The topological polar surface area (TPSA) is 185 Å². The van der Waals surface area contributed by atoms with Crippen molar-refractivity contribution in [2.45, 2.75) is 82.0 Å². The summed E-state index contributed by atoms with van der Waals surface area (Å²) in [6.07, 6.45) is 3.40. The van der Waals surface area contributed by atoms with E-state index in [0.717, 1.165) is 5.56 Å². The molecule has 0 spiro atoms. The summed E-state index contributed by atoms with van der Waals surface area (Å²) >= 11 is 6.36. The molecular formula is C37H43BClN5O9S. The molecule has 7 rings (SSSR count). The van der Waals surface area contributed by atoms with Crippen molar-refractivity contribution >= 4 is 68.4 Å². The Balaban J connectivity index is 1.20. The maximum atomic E-state index is 14.8. The third-order valence-corrected chi connectivity index (χ3v) is 12.7. The number of ether oxygens (including phenoxy) is 2. The van der Waals surface area contributed by atoms with Crippen molar-refractivity contribution in [2.75, 3.05) is 19.0 Å². The van der Waals surface area contributed by atoms with Crippen LogP contribution in [0, 0.1) is 11.3 Å². The molecule has 1 saturated heterocycles. The number of nitrogens with zero attached hydrogens (tertiary/aromatic N) is 2. The second-order valence-electron chi connectivity index (χ2n) is 15.5. The van der Waals surface area contributed by atoms with E-state index in [9.17, 15) is 27.8 Å². The van der Waals surface area contributed by atoms with Gasteiger partial charge in [0.1, 0.15) is 29.5 Å². The zero-order chi connectivity index (χ0) is 38.7. The van der Waals surface area contributed by atoms with Crippen molar-refractivity contribution < 1.29 is 42.0 Å². The quantitative estimate of drug-likeness (QED) is 0.157. The van der Waals surface area contributed by atoms with Gasteiger partial charge in [-0.15, -0.1) is 6.58 Å². The number of methoxy groups -OCH3 is 1. The predicted molar refractivity (Wildman–Crippen MR) is 203 cm³/mol. The standard InChI is InChI=1S/C37H43BClN5O9S/c1-6-21-16-37(21,35(47)43-54(49,50)25-10-11-25)42-32(45)29-15-24(53-33-27-13-22(39)8-12-26(27)30(51-5)17-40-33)18-44(29)34(46)31(36(2,3)4)41-23-9-7-20-19-52-38(48)28(20)14-23/h6-9,12-14,17,21,24-25,29,31,41,48H,1,10-11,15-16,18-19H2,2-5H3,(H,42,45)(H,43,47)/t21-,24-,29+,31-,37-/m1/s1. The van der Waals surface area contributed by atoms with E-state index in [2.05, 4.69) is 26.9 Å². The Morgan fingerprint density at radius 3 is 2.61 bits per heavy atom. The third-order valence-electron chi connectivity index (χ3n) is 10.6. The number of pyridine rings is 1. The number of nitrogens with one attached hydrogen (secondary N) is 3. The summed E-state index contributed by atoms with van der Waals surface area (Å²) in [5, 5.41) is 17.6. The highest BCUT2D eigenvalue weighted by atomic mass is 35.5. The van der Waals surface area contributed by atoms with Gasteiger partial charge in [0.15, 0.2) is 0 Å². The van der Waals surface area contributed by atoms with Gasteiger partial charge in [-0.3, -0.25) is 19.1 Å². The monoisotopic (exact) mass is 779 g/mol. The number of amides is 3. The van der Waals surface area contributed by atoms with Crippen molar-refractivity contribution in [1.82, 2.24) is 19.9 Å². The van der Waals surface area contributed by atoms with E-state index in [-0.39, 0.29) is 31.9 Å². The highest BCUT2D eigenvalue weighted by molar-refractivity contribution is 7.91. The number of halogens is 1. The molecule has 0 unspecified atom stereocenters. The van der Waals surface area contributed by atoms with E-state index in [0.29, 0.717) is 45.5 Å². The third kappa shape index (κ3) is 7.23. The maximum absolute atomic E-state index is 14.8. The Labute approximate surface area is 319 Å². The molecule has 0 radical (unpaired) electrons. The molecule has 54 heavy (non-hydrogen) atoms. The second-order valence-corrected chi connectivity index (χ2v) is 17.9. The summed E-state index contributed by atoms with van der Waals surface area (Å²) in [6.45, 7) is 9.72. The number of rotatable bonds is 12. The lowest BCUT2D eigenvalue weighted by atomic mass is 9.79. The molecule has 3 amide bonds. The molecule has 3 heterocycles. The predicted octanol–water partition coefficient (Wildman–Crippen LogP) is 2.66. The Kier molecular flexibility index (Phi) is 9.86. The van der Waals surface area contributed by atoms with E-state index in [1.807, 2.05) is 26.8 Å². The fourth-order valence-corrected chi connectivity index (χ4v) is 8.79. The highest BCUT2D eigenvalue weighted by Gasteiger charge is 2.62. The van der Waals surface area contributed by atoms with E-state index < -0.39 is 75.2 Å². The summed E-state index contributed by atoms with van der Waals surface area (Å²) < 4.78 is 44.9. The molecule has 1 aromatic heterocycles. The first-order valence-corrected chi connectivity index (χ1v) is 19.8. The Hall–Kier alpha value is -4.38. The van der Waals surface area contributed by atoms with Crippen LogP contribution in [0.4, 0.5) is 5.69 Å². The minimum atomic E-state index is -3.90. The number of carbonyl (C=O) groups excluding carboxylic acids is 3. The molecule has 5 atom stereocenters. The Morgan fingerprint density at radius 1 is 1.19 bits per heavy atom. The van der Waals surface area contributed by atoms with Gasteiger partial charge in [0.05, 0.1) is 31.7 Å². The maximum Gasteiger partial charge on any atom is 0.491 e. The lowest BCUT2D eigenvalue weighted by Gasteiger charge is -2.36. The molecule has 4 aliphatic rings. The summed E-state index contributed by atoms with van der Waals surface area (Å²) in [7, 11) is -3.46. The first kappa shape index (κ1) is 37.9. The number of anilines is 1. The summed E-state index contributed by atoms with van der Waals surface area (Å²) in [6, 6.07) is 8.59. The van der Waals surface area contributed by atoms with Gasteiger partial charge in [0.25, 0.3) is 5.91 Å². The number of sulfonamides is 1. The molecule has 2 aromatic carbocycles. The van der Waals surface area contributed by atoms with Crippen molar-refractivity contribution in [3.05, 3.63) is 65.8 Å². The fourth-order valence-electron chi connectivity index (χ4n) is 7.26. The van der Waals surface area contributed by atoms with Gasteiger partial charge in [0, 0.05) is 33.8 Å². The van der Waals surface area contributed by atoms with Gasteiger partial charge >= 0.3 is 7.12 Å². The number of aromatic nitrogens is 1. The van der Waals surface area contributed by atoms with Gasteiger partial charge in [-0.25, -0.2) is 13.4 Å². The van der Waals surface area contributed by atoms with E-state index in [1.54, 1.807) is 30.3 Å². The first-order valence-electron chi connectivity index (χ1n) is 17.8. The van der Waals surface area contributed by atoms with Crippen LogP contribution in [0.5, 0.6) is 11.6 Å². The summed E-state index contributed by atoms with van der Waals surface area (Å²) in [5.41, 5.74) is -0.221. The van der Waals surface area contributed by atoms with Gasteiger partial charge < -0.3 is 34.7 Å². The highest BCUT2D eigenvalue weighted by Crippen LogP contribution is 2.46. The molecule has 0 bridgehead atoms. The van der Waals surface area contributed by atoms with Crippen molar-refractivity contribution in [2.24, 2.45) is 11.3 Å². The Bertz CT molecular complexity index is 2150. The van der Waals surface area contributed by atoms with Crippen molar-refractivity contribution in [1.29, 1.82) is 0 Å². The van der Waals surface area contributed by atoms with Crippen LogP contribution in [-0.2, 0) is 35.7 Å². The van der Waals surface area contributed by atoms with E-state index in [1.165, 1.54) is 24.3 Å². The first-order chi connectivity index (χ1) is 25.5. The summed E-state index contributed by atoms with van der Waals surface area (Å²) in [5.74, 6) is -1.67. The minimum Gasteiger partial charge on any atom is -0.494 e. The molecule has 3 aromatic rings. The van der Waals surface area contributed by atoms with Gasteiger partial charge in [-0.2, -0.15) is 0 Å². The van der Waals surface area contributed by atoms with Crippen molar-refractivity contribution in [3.63, 3.8) is 0 Å². The van der Waals surface area contributed by atoms with Crippen molar-refractivity contribution in [3.8, 4) is 11.6 Å². The molecule has 17 heteroatoms. The number of likely N-dealkylation sites (tertiary alicyclic amines) is 1. The minimum absolute atomic E-state index is 0.0160. The molecule has 3 fully saturated rings. The average molecular weight is 780 g/mol. The molecule has 286 valence electrons. The van der Waals surface area contributed by atoms with Gasteiger partial charge in [-0.05, 0) is 66.0 Å². The van der Waals surface area contributed by atoms with Crippen LogP contribution in [0.15, 0.2) is 55.3 Å². The largest absolute Gasteiger partial charge is 0.494 e. The lowest BCUT2D eigenvalue weighted by molar-refractivity contribution is -0.141. The van der Waals surface area contributed by atoms with Gasteiger partial charge in [0.2, 0.25) is 27.7 Å². The lowest BCUT2D eigenvalue weighted by Crippen LogP contribution is -2.58. The second kappa shape index (κ2) is 14.0. The van der Waals surface area contributed by atoms with Crippen LogP contribution in [0.1, 0.15) is 52.0 Å². The number of hydrogen-bond donors (Lipinski definition) is 4. The fraction of sp³-hybridized carbons (Fsp3) is 0.459. The number of carbonyl (C=O) groups is 3. The van der Waals surface area contributed by atoms with Crippen LogP contribution in [0.3, 0.4) is 0 Å². The zero-order valence-corrected chi connectivity index (χ0v) is 32.0. The van der Waals surface area contributed by atoms with Crippen LogP contribution >= 0.6 is 11.6 Å². The van der Waals surface area contributed by atoms with Crippen LogP contribution in [0.25, 0.3) is 10.8 Å². The average Bonchev–Trinajstić information content (AvgIpc) is 4.03. The van der Waals surface area contributed by atoms with E-state index >= 15 is 0 Å². The number of hydrogen-bond acceptors (Lipinski definition) is 11. The van der Waals surface area contributed by atoms with Crippen LogP contribution in [-0.4, -0.2) is 90.8 Å². The smallest absolute Gasteiger partial charge is 0.491 e.